The largest absolute Gasteiger partial charge is 0.503 e. The van der Waals surface area contributed by atoms with Gasteiger partial charge in [-0.25, -0.2) is 8.78 Å². The van der Waals surface area contributed by atoms with Crippen molar-refractivity contribution in [3.8, 4) is 5.75 Å². The summed E-state index contributed by atoms with van der Waals surface area (Å²) in [4.78, 5) is 38.6. The zero-order valence-corrected chi connectivity index (χ0v) is 17.6. The van der Waals surface area contributed by atoms with E-state index in [0.717, 1.165) is 31.5 Å². The molecule has 2 atom stereocenters. The zero-order valence-electron chi connectivity index (χ0n) is 17.6. The molecule has 2 aliphatic rings. The quantitative estimate of drug-likeness (QED) is 0.672. The number of pyridine rings is 1. The molecule has 1 saturated carbocycles. The molecule has 170 valence electrons. The summed E-state index contributed by atoms with van der Waals surface area (Å²) in [5.41, 5.74) is -4.19. The molecule has 2 aromatic rings. The molecule has 1 aliphatic heterocycles. The molecular formula is C23H24F2N2O5. The Hall–Kier alpha value is -3.07. The lowest BCUT2D eigenvalue weighted by molar-refractivity contribution is -0.0832. The summed E-state index contributed by atoms with van der Waals surface area (Å²) >= 11 is 0. The van der Waals surface area contributed by atoms with Crippen LogP contribution in [-0.2, 0) is 13.1 Å². The first-order valence-corrected chi connectivity index (χ1v) is 10.5. The van der Waals surface area contributed by atoms with Gasteiger partial charge in [0.2, 0.25) is 5.43 Å². The van der Waals surface area contributed by atoms with Gasteiger partial charge in [-0.3, -0.25) is 14.4 Å². The van der Waals surface area contributed by atoms with E-state index in [2.05, 4.69) is 5.32 Å². The average molecular weight is 446 g/mol. The number of hydrogen-bond acceptors (Lipinski definition) is 5. The highest BCUT2D eigenvalue weighted by Crippen LogP contribution is 2.49. The normalized spacial score (nSPS) is 24.9. The zero-order chi connectivity index (χ0) is 23.3. The number of Topliss-reactive ketones (excluding diaryl/α,β-unsaturated/α-hetero) is 1. The number of benzene rings is 1. The Balaban J connectivity index is 1.68. The van der Waals surface area contributed by atoms with Gasteiger partial charge in [0.05, 0.1) is 17.6 Å². The predicted octanol–water partition coefficient (Wildman–Crippen LogP) is 2.66. The lowest BCUT2D eigenvalue weighted by atomic mass is 9.64. The van der Waals surface area contributed by atoms with Crippen LogP contribution in [0.2, 0.25) is 0 Å². The fraction of sp³-hybridized carbons (Fsp3) is 0.435. The highest BCUT2D eigenvalue weighted by molar-refractivity contribution is 6.04. The first kappa shape index (κ1) is 22.1. The van der Waals surface area contributed by atoms with E-state index >= 15 is 0 Å². The smallest absolute Gasteiger partial charge is 0.257 e. The van der Waals surface area contributed by atoms with Crippen LogP contribution in [0.25, 0.3) is 0 Å². The Morgan fingerprint density at radius 2 is 1.91 bits per heavy atom. The number of carbonyl (C=O) groups is 2. The number of aliphatic hydroxyl groups is 1. The number of halogens is 2. The maximum Gasteiger partial charge on any atom is 0.257 e. The minimum absolute atomic E-state index is 0.0146. The third-order valence-corrected chi connectivity index (χ3v) is 6.90. The molecule has 7 nitrogen and oxygen atoms in total. The Morgan fingerprint density at radius 1 is 1.19 bits per heavy atom. The number of amides is 1. The molecular weight excluding hydrogens is 422 g/mol. The molecule has 1 unspecified atom stereocenters. The van der Waals surface area contributed by atoms with Crippen LogP contribution in [-0.4, -0.2) is 32.1 Å². The highest BCUT2D eigenvalue weighted by atomic mass is 19.1. The van der Waals surface area contributed by atoms with Crippen molar-refractivity contribution in [3.63, 3.8) is 0 Å². The van der Waals surface area contributed by atoms with Gasteiger partial charge in [0.25, 0.3) is 5.91 Å². The van der Waals surface area contributed by atoms with E-state index < -0.39 is 51.1 Å². The summed E-state index contributed by atoms with van der Waals surface area (Å²) in [7, 11) is 0. The number of ketones is 1. The van der Waals surface area contributed by atoms with Crippen LogP contribution in [0, 0.1) is 17.0 Å². The molecule has 2 heterocycles. The van der Waals surface area contributed by atoms with Crippen molar-refractivity contribution in [2.75, 3.05) is 0 Å². The summed E-state index contributed by atoms with van der Waals surface area (Å²) in [5.74, 6) is -3.87. The van der Waals surface area contributed by atoms with Crippen molar-refractivity contribution in [3.05, 3.63) is 63.1 Å². The van der Waals surface area contributed by atoms with Gasteiger partial charge in [-0.15, -0.1) is 0 Å². The van der Waals surface area contributed by atoms with Crippen molar-refractivity contribution < 1.29 is 28.6 Å². The van der Waals surface area contributed by atoms with Crippen LogP contribution in [0.3, 0.4) is 0 Å². The second-order valence-electron chi connectivity index (χ2n) is 8.87. The maximum atomic E-state index is 13.8. The summed E-state index contributed by atoms with van der Waals surface area (Å²) in [5, 5.41) is 24.3. The first-order valence-electron chi connectivity index (χ1n) is 10.5. The van der Waals surface area contributed by atoms with E-state index in [-0.39, 0.29) is 24.3 Å². The number of hydrogen-bond donors (Lipinski definition) is 3. The summed E-state index contributed by atoms with van der Waals surface area (Å²) in [6, 6.07) is 2.89. The fourth-order valence-corrected chi connectivity index (χ4v) is 4.81. The van der Waals surface area contributed by atoms with Crippen LogP contribution in [0.5, 0.6) is 5.75 Å². The number of aromatic hydroxyl groups is 1. The monoisotopic (exact) mass is 446 g/mol. The summed E-state index contributed by atoms with van der Waals surface area (Å²) in [6.45, 7) is 1.30. The fourth-order valence-electron chi connectivity index (χ4n) is 4.81. The topological polar surface area (TPSA) is 109 Å². The standard InChI is InChI=1S/C23H24F2N2O5/c1-22-7-3-2-4-8-23(22,32)12-27-11-15(18(28)19(29)17(27)20(22)30)21(31)26-10-13-5-6-14(24)9-16(13)25/h5-6,9,11,29,32H,2-4,7-8,10,12H2,1H3,(H,26,31)/t22?,23-/m0/s1. The van der Waals surface area contributed by atoms with Crippen molar-refractivity contribution in [2.24, 2.45) is 5.41 Å². The van der Waals surface area contributed by atoms with Gasteiger partial charge in [-0.05, 0) is 25.8 Å². The molecule has 1 fully saturated rings. The van der Waals surface area contributed by atoms with E-state index in [9.17, 15) is 33.4 Å². The third-order valence-electron chi connectivity index (χ3n) is 6.90. The summed E-state index contributed by atoms with van der Waals surface area (Å²) in [6.07, 6.45) is 4.30. The maximum absolute atomic E-state index is 13.8. The van der Waals surface area contributed by atoms with Crippen molar-refractivity contribution in [1.82, 2.24) is 9.88 Å². The minimum atomic E-state index is -1.37. The molecule has 1 aliphatic carbocycles. The Bertz CT molecular complexity index is 1180. The van der Waals surface area contributed by atoms with E-state index in [0.29, 0.717) is 18.9 Å². The lowest BCUT2D eigenvalue weighted by Crippen LogP contribution is -2.58. The number of carbonyl (C=O) groups excluding carboxylic acids is 2. The number of aromatic nitrogens is 1. The van der Waals surface area contributed by atoms with Crippen LogP contribution in [0.4, 0.5) is 8.78 Å². The molecule has 0 saturated heterocycles. The molecule has 32 heavy (non-hydrogen) atoms. The van der Waals surface area contributed by atoms with Gasteiger partial charge in [0.15, 0.2) is 11.5 Å². The first-order chi connectivity index (χ1) is 15.1. The Morgan fingerprint density at radius 3 is 2.62 bits per heavy atom. The van der Waals surface area contributed by atoms with Crippen molar-refractivity contribution in [1.29, 1.82) is 0 Å². The molecule has 0 radical (unpaired) electrons. The van der Waals surface area contributed by atoms with E-state index in [1.165, 1.54) is 10.6 Å². The Kier molecular flexibility index (Phi) is 5.40. The van der Waals surface area contributed by atoms with Crippen LogP contribution >= 0.6 is 0 Å². The second-order valence-corrected chi connectivity index (χ2v) is 8.87. The van der Waals surface area contributed by atoms with Gasteiger partial charge < -0.3 is 20.1 Å². The number of nitrogens with zero attached hydrogens (tertiary/aromatic N) is 1. The molecule has 1 amide bonds. The van der Waals surface area contributed by atoms with Crippen molar-refractivity contribution in [2.45, 2.75) is 57.7 Å². The minimum Gasteiger partial charge on any atom is -0.503 e. The molecule has 1 aromatic heterocycles. The summed E-state index contributed by atoms with van der Waals surface area (Å²) < 4.78 is 28.1. The van der Waals surface area contributed by atoms with Gasteiger partial charge in [-0.2, -0.15) is 0 Å². The van der Waals surface area contributed by atoms with Crippen molar-refractivity contribution >= 4 is 11.7 Å². The van der Waals surface area contributed by atoms with E-state index in [1.54, 1.807) is 6.92 Å². The third kappa shape index (κ3) is 3.40. The van der Waals surface area contributed by atoms with E-state index in [4.69, 9.17) is 0 Å². The number of nitrogens with one attached hydrogen (secondary N) is 1. The molecule has 3 N–H and O–H groups in total. The average Bonchev–Trinajstić information content (AvgIpc) is 2.89. The molecule has 1 aromatic carbocycles. The van der Waals surface area contributed by atoms with Gasteiger partial charge in [0.1, 0.15) is 22.9 Å². The molecule has 4 rings (SSSR count). The van der Waals surface area contributed by atoms with Gasteiger partial charge >= 0.3 is 0 Å². The molecule has 9 heteroatoms. The van der Waals surface area contributed by atoms with Gasteiger partial charge in [-0.1, -0.05) is 25.3 Å². The highest BCUT2D eigenvalue weighted by Gasteiger charge is 2.56. The number of fused-ring (bicyclic) bond motifs is 2. The molecule has 0 bridgehead atoms. The van der Waals surface area contributed by atoms with Crippen LogP contribution in [0.1, 0.15) is 65.4 Å². The van der Waals surface area contributed by atoms with E-state index in [1.807, 2.05) is 0 Å². The number of rotatable bonds is 3. The van der Waals surface area contributed by atoms with Gasteiger partial charge in [0, 0.05) is 24.4 Å². The Labute approximate surface area is 182 Å². The second kappa shape index (κ2) is 7.81. The molecule has 0 spiro atoms. The van der Waals surface area contributed by atoms with Crippen LogP contribution in [0.15, 0.2) is 29.2 Å². The van der Waals surface area contributed by atoms with Crippen LogP contribution < -0.4 is 10.7 Å². The lowest BCUT2D eigenvalue weighted by Gasteiger charge is -2.47. The predicted molar refractivity (Wildman–Crippen MR) is 110 cm³/mol. The SMILES string of the molecule is CC12CCCCC[C@]1(O)Cn1cc(C(=O)NCc3ccc(F)cc3F)c(=O)c(O)c1C2=O.